The number of unbranched alkanes of at least 4 members (excludes halogenated alkanes) is 2. The van der Waals surface area contributed by atoms with E-state index >= 15 is 0 Å². The molecule has 0 aromatic carbocycles. The maximum Gasteiger partial charge on any atom is 0.184 e. The highest BCUT2D eigenvalue weighted by atomic mass is 16.3. The Kier molecular flexibility index (Phi) is 6.56. The molecule has 0 unspecified atom stereocenters. The lowest BCUT2D eigenvalue weighted by molar-refractivity contribution is -0.112. The number of carbonyl (C=O) groups is 1. The zero-order chi connectivity index (χ0) is 12.5. The molecule has 2 nitrogen and oxygen atoms in total. The second kappa shape index (κ2) is 8.02. The van der Waals surface area contributed by atoms with E-state index in [4.69, 9.17) is 5.11 Å². The van der Waals surface area contributed by atoms with Crippen molar-refractivity contribution in [1.82, 2.24) is 0 Å². The summed E-state index contributed by atoms with van der Waals surface area (Å²) in [6.07, 6.45) is 13.9. The van der Waals surface area contributed by atoms with Crippen molar-refractivity contribution in [2.75, 3.05) is 6.61 Å². The van der Waals surface area contributed by atoms with Crippen LogP contribution in [0.25, 0.3) is 0 Å². The second-order valence-corrected chi connectivity index (χ2v) is 4.28. The summed E-state index contributed by atoms with van der Waals surface area (Å²) in [5, 5.41) is 8.81. The fourth-order valence-corrected chi connectivity index (χ4v) is 1.93. The smallest absolute Gasteiger partial charge is 0.184 e. The van der Waals surface area contributed by atoms with Gasteiger partial charge in [-0.05, 0) is 49.7 Å². The summed E-state index contributed by atoms with van der Waals surface area (Å²) >= 11 is 0. The quantitative estimate of drug-likeness (QED) is 0.417. The molecular weight excluding hydrogens is 212 g/mol. The minimum Gasteiger partial charge on any atom is -0.396 e. The van der Waals surface area contributed by atoms with E-state index in [1.54, 1.807) is 0 Å². The third-order valence-corrected chi connectivity index (χ3v) is 2.90. The monoisotopic (exact) mass is 234 g/mol. The average Bonchev–Trinajstić information content (AvgIpc) is 2.67. The van der Waals surface area contributed by atoms with E-state index in [0.29, 0.717) is 6.42 Å². The number of allylic oxidation sites excluding steroid dienone is 5. The van der Waals surface area contributed by atoms with Crippen LogP contribution in [0.1, 0.15) is 45.4 Å². The summed E-state index contributed by atoms with van der Waals surface area (Å²) < 4.78 is 0. The fourth-order valence-electron chi connectivity index (χ4n) is 1.93. The Morgan fingerprint density at radius 2 is 2.18 bits per heavy atom. The molecule has 0 bridgehead atoms. The Balaban J connectivity index is 2.28. The molecule has 0 aromatic rings. The fraction of sp³-hybridized carbons (Fsp3) is 0.533. The van der Waals surface area contributed by atoms with Gasteiger partial charge in [0, 0.05) is 6.61 Å². The number of aliphatic hydroxyl groups excluding tert-OH is 1. The largest absolute Gasteiger partial charge is 0.396 e. The van der Waals surface area contributed by atoms with Crippen LogP contribution in [0.2, 0.25) is 0 Å². The van der Waals surface area contributed by atoms with Crippen LogP contribution < -0.4 is 0 Å². The molecule has 1 aliphatic carbocycles. The number of Topliss-reactive ketones (excluding diaryl/α,β-unsaturated/α-hetero) is 1. The van der Waals surface area contributed by atoms with Gasteiger partial charge in [0.25, 0.3) is 0 Å². The van der Waals surface area contributed by atoms with Crippen LogP contribution in [0.4, 0.5) is 0 Å². The first-order valence-electron chi connectivity index (χ1n) is 6.48. The van der Waals surface area contributed by atoms with Crippen molar-refractivity contribution in [2.24, 2.45) is 0 Å². The normalized spacial score (nSPS) is 18.4. The van der Waals surface area contributed by atoms with Crippen LogP contribution in [0.15, 0.2) is 35.5 Å². The lowest BCUT2D eigenvalue weighted by Gasteiger charge is -1.98. The van der Waals surface area contributed by atoms with Gasteiger partial charge in [0.05, 0.1) is 0 Å². The van der Waals surface area contributed by atoms with Crippen molar-refractivity contribution in [3.8, 4) is 0 Å². The number of rotatable bonds is 7. The Morgan fingerprint density at radius 1 is 1.35 bits per heavy atom. The van der Waals surface area contributed by atoms with Gasteiger partial charge < -0.3 is 5.11 Å². The molecular formula is C15H22O2. The number of aliphatic hydroxyl groups is 1. The van der Waals surface area contributed by atoms with Crippen LogP contribution in [-0.4, -0.2) is 17.5 Å². The van der Waals surface area contributed by atoms with Gasteiger partial charge in [-0.15, -0.1) is 0 Å². The van der Waals surface area contributed by atoms with Gasteiger partial charge in [-0.1, -0.05) is 31.2 Å². The molecule has 0 fully saturated rings. The van der Waals surface area contributed by atoms with Crippen molar-refractivity contribution in [3.05, 3.63) is 35.5 Å². The van der Waals surface area contributed by atoms with Gasteiger partial charge in [0.1, 0.15) is 0 Å². The highest BCUT2D eigenvalue weighted by molar-refractivity contribution is 6.10. The van der Waals surface area contributed by atoms with Gasteiger partial charge in [0.15, 0.2) is 5.78 Å². The van der Waals surface area contributed by atoms with Crippen molar-refractivity contribution in [2.45, 2.75) is 45.4 Å². The first kappa shape index (κ1) is 13.9. The summed E-state index contributed by atoms with van der Waals surface area (Å²) in [6.45, 7) is 2.19. The lowest BCUT2D eigenvalue weighted by atomic mass is 10.1. The number of hydrogen-bond donors (Lipinski definition) is 1. The molecule has 0 radical (unpaired) electrons. The molecule has 0 aliphatic heterocycles. The highest BCUT2D eigenvalue weighted by Gasteiger charge is 2.19. The molecule has 1 rings (SSSR count). The van der Waals surface area contributed by atoms with E-state index in [9.17, 15) is 4.79 Å². The van der Waals surface area contributed by atoms with Gasteiger partial charge in [-0.3, -0.25) is 4.79 Å². The highest BCUT2D eigenvalue weighted by Crippen LogP contribution is 2.23. The van der Waals surface area contributed by atoms with Crippen LogP contribution >= 0.6 is 0 Å². The van der Waals surface area contributed by atoms with Gasteiger partial charge >= 0.3 is 0 Å². The molecule has 94 valence electrons. The summed E-state index contributed by atoms with van der Waals surface area (Å²) in [6, 6.07) is 0. The molecule has 2 heteroatoms. The van der Waals surface area contributed by atoms with E-state index in [-0.39, 0.29) is 12.4 Å². The first-order valence-corrected chi connectivity index (χ1v) is 6.48. The van der Waals surface area contributed by atoms with Crippen molar-refractivity contribution in [1.29, 1.82) is 0 Å². The van der Waals surface area contributed by atoms with E-state index in [1.807, 2.05) is 6.08 Å². The summed E-state index contributed by atoms with van der Waals surface area (Å²) in [5.41, 5.74) is 1.69. The minimum absolute atomic E-state index is 0.0622. The third kappa shape index (κ3) is 4.70. The second-order valence-electron chi connectivity index (χ2n) is 4.28. The summed E-state index contributed by atoms with van der Waals surface area (Å²) in [4.78, 5) is 11.8. The molecule has 1 N–H and O–H groups in total. The van der Waals surface area contributed by atoms with E-state index in [1.165, 1.54) is 0 Å². The predicted molar refractivity (Wildman–Crippen MR) is 70.8 cm³/mol. The third-order valence-electron chi connectivity index (χ3n) is 2.90. The van der Waals surface area contributed by atoms with Gasteiger partial charge in [0.2, 0.25) is 0 Å². The Bertz CT molecular complexity index is 335. The Morgan fingerprint density at radius 3 is 2.88 bits per heavy atom. The van der Waals surface area contributed by atoms with Crippen LogP contribution in [0.3, 0.4) is 0 Å². The predicted octanol–water partition coefficient (Wildman–Crippen LogP) is 3.33. The van der Waals surface area contributed by atoms with E-state index in [2.05, 4.69) is 25.2 Å². The van der Waals surface area contributed by atoms with Gasteiger partial charge in [-0.25, -0.2) is 0 Å². The maximum atomic E-state index is 11.8. The van der Waals surface area contributed by atoms with Crippen molar-refractivity contribution in [3.63, 3.8) is 0 Å². The minimum atomic E-state index is 0.0622. The zero-order valence-corrected chi connectivity index (χ0v) is 10.6. The van der Waals surface area contributed by atoms with Crippen LogP contribution in [0.5, 0.6) is 0 Å². The number of ketones is 1. The topological polar surface area (TPSA) is 37.3 Å². The Labute approximate surface area is 104 Å². The molecule has 0 atom stereocenters. The number of carbonyl (C=O) groups excluding carboxylic acids is 1. The Hall–Kier alpha value is -1.15. The average molecular weight is 234 g/mol. The van der Waals surface area contributed by atoms with E-state index < -0.39 is 0 Å². The summed E-state index contributed by atoms with van der Waals surface area (Å²) in [5.74, 6) is 0.142. The maximum absolute atomic E-state index is 11.8. The van der Waals surface area contributed by atoms with E-state index in [0.717, 1.165) is 43.3 Å². The van der Waals surface area contributed by atoms with Crippen molar-refractivity contribution >= 4 is 5.78 Å². The lowest BCUT2D eigenvalue weighted by Crippen LogP contribution is -2.01. The molecule has 1 aliphatic rings. The zero-order valence-electron chi connectivity index (χ0n) is 10.6. The number of hydrogen-bond acceptors (Lipinski definition) is 2. The van der Waals surface area contributed by atoms with Gasteiger partial charge in [-0.2, -0.15) is 0 Å². The molecule has 0 saturated carbocycles. The molecule has 0 amide bonds. The molecule has 0 saturated heterocycles. The molecule has 17 heavy (non-hydrogen) atoms. The van der Waals surface area contributed by atoms with Crippen LogP contribution in [-0.2, 0) is 4.79 Å². The summed E-state index contributed by atoms with van der Waals surface area (Å²) in [7, 11) is 0. The van der Waals surface area contributed by atoms with Crippen molar-refractivity contribution < 1.29 is 9.90 Å². The van der Waals surface area contributed by atoms with Crippen LogP contribution in [0, 0.1) is 0 Å². The standard InChI is InChI=1S/C15H22O2/c1-2-3-4-5-6-7-8-13-9-10-14(11-12-16)15(13)17/h3-4,8,10,16H,2,5-7,9,11-12H2,1H3/b4-3-,13-8+. The molecule has 0 spiro atoms. The molecule has 0 aromatic heterocycles. The first-order chi connectivity index (χ1) is 8.29. The molecule has 0 heterocycles. The SMILES string of the molecule is CC/C=C\CCC/C=C1\CC=C(CCO)C1=O.